The van der Waals surface area contributed by atoms with Crippen molar-refractivity contribution in [3.63, 3.8) is 0 Å². The Balaban J connectivity index is 2.38. The maximum atomic E-state index is 8.85. The van der Waals surface area contributed by atoms with E-state index in [1.807, 2.05) is 6.07 Å². The molecule has 0 saturated heterocycles. The van der Waals surface area contributed by atoms with Crippen molar-refractivity contribution in [2.24, 2.45) is 0 Å². The van der Waals surface area contributed by atoms with Crippen molar-refractivity contribution < 1.29 is 0 Å². The molecule has 0 N–H and O–H groups in total. The lowest BCUT2D eigenvalue weighted by Crippen LogP contribution is -1.87. The Morgan fingerprint density at radius 1 is 1.12 bits per heavy atom. The Labute approximate surface area is 112 Å². The lowest BCUT2D eigenvalue weighted by Gasteiger charge is -2.04. The standard InChI is InChI=1S/C11H5Cl2N3S/c12-8-2-1-4-15-10(8)17-11-9(13)7(6-14)3-5-16-11/h1-5H. The fraction of sp³-hybridized carbons (Fsp3) is 0. The van der Waals surface area contributed by atoms with E-state index in [1.54, 1.807) is 24.4 Å². The van der Waals surface area contributed by atoms with E-state index in [0.29, 0.717) is 25.7 Å². The number of halogens is 2. The summed E-state index contributed by atoms with van der Waals surface area (Å²) < 4.78 is 0. The van der Waals surface area contributed by atoms with E-state index in [1.165, 1.54) is 18.0 Å². The molecule has 0 amide bonds. The maximum absolute atomic E-state index is 8.85. The topological polar surface area (TPSA) is 49.6 Å². The highest BCUT2D eigenvalue weighted by molar-refractivity contribution is 7.99. The van der Waals surface area contributed by atoms with Gasteiger partial charge in [0.2, 0.25) is 0 Å². The summed E-state index contributed by atoms with van der Waals surface area (Å²) in [7, 11) is 0. The first-order valence-corrected chi connectivity index (χ1v) is 6.12. The molecule has 0 aliphatic carbocycles. The fourth-order valence-corrected chi connectivity index (χ4v) is 2.40. The van der Waals surface area contributed by atoms with Crippen molar-refractivity contribution in [1.29, 1.82) is 5.26 Å². The third kappa shape index (κ3) is 2.70. The van der Waals surface area contributed by atoms with Gasteiger partial charge in [-0.1, -0.05) is 23.2 Å². The summed E-state index contributed by atoms with van der Waals surface area (Å²) in [5.74, 6) is 0. The van der Waals surface area contributed by atoms with E-state index in [4.69, 9.17) is 28.5 Å². The average molecular weight is 282 g/mol. The van der Waals surface area contributed by atoms with E-state index in [2.05, 4.69) is 9.97 Å². The molecule has 0 unspecified atom stereocenters. The van der Waals surface area contributed by atoms with Crippen LogP contribution in [0.1, 0.15) is 5.56 Å². The molecule has 0 radical (unpaired) electrons. The number of aromatic nitrogens is 2. The zero-order chi connectivity index (χ0) is 12.3. The second kappa shape index (κ2) is 5.37. The summed E-state index contributed by atoms with van der Waals surface area (Å²) >= 11 is 13.2. The van der Waals surface area contributed by atoms with Gasteiger partial charge < -0.3 is 0 Å². The molecular formula is C11H5Cl2N3S. The van der Waals surface area contributed by atoms with Crippen molar-refractivity contribution in [2.45, 2.75) is 10.1 Å². The molecule has 2 aromatic heterocycles. The van der Waals surface area contributed by atoms with E-state index < -0.39 is 0 Å². The van der Waals surface area contributed by atoms with Crippen LogP contribution in [0.3, 0.4) is 0 Å². The predicted octanol–water partition coefficient (Wildman–Crippen LogP) is 3.81. The summed E-state index contributed by atoms with van der Waals surface area (Å²) in [5.41, 5.74) is 0.385. The molecule has 17 heavy (non-hydrogen) atoms. The summed E-state index contributed by atoms with van der Waals surface area (Å²) in [4.78, 5) is 8.22. The van der Waals surface area contributed by atoms with Crippen LogP contribution in [0.15, 0.2) is 40.6 Å². The van der Waals surface area contributed by atoms with Crippen LogP contribution >= 0.6 is 35.0 Å². The van der Waals surface area contributed by atoms with Crippen molar-refractivity contribution >= 4 is 35.0 Å². The third-order valence-corrected chi connectivity index (χ3v) is 3.83. The Kier molecular flexibility index (Phi) is 3.85. The molecule has 3 nitrogen and oxygen atoms in total. The van der Waals surface area contributed by atoms with Gasteiger partial charge in [-0.2, -0.15) is 5.26 Å². The molecule has 0 fully saturated rings. The van der Waals surface area contributed by atoms with Gasteiger partial charge in [0, 0.05) is 12.4 Å². The molecule has 0 saturated carbocycles. The highest BCUT2D eigenvalue weighted by Crippen LogP contribution is 2.35. The summed E-state index contributed by atoms with van der Waals surface area (Å²) in [6, 6.07) is 7.04. The van der Waals surface area contributed by atoms with Gasteiger partial charge in [-0.15, -0.1) is 0 Å². The van der Waals surface area contributed by atoms with Crippen LogP contribution in [-0.2, 0) is 0 Å². The lowest BCUT2D eigenvalue weighted by molar-refractivity contribution is 1.09. The Hall–Kier alpha value is -1.28. The van der Waals surface area contributed by atoms with Crippen molar-refractivity contribution in [3.05, 3.63) is 46.2 Å². The zero-order valence-electron chi connectivity index (χ0n) is 8.39. The molecule has 0 aromatic carbocycles. The minimum atomic E-state index is 0.321. The normalized spacial score (nSPS) is 9.94. The Morgan fingerprint density at radius 3 is 2.59 bits per heavy atom. The van der Waals surface area contributed by atoms with Crippen LogP contribution in [0.5, 0.6) is 0 Å². The molecule has 2 aromatic rings. The van der Waals surface area contributed by atoms with Crippen molar-refractivity contribution in [1.82, 2.24) is 9.97 Å². The van der Waals surface area contributed by atoms with E-state index in [9.17, 15) is 0 Å². The van der Waals surface area contributed by atoms with Crippen LogP contribution in [0.2, 0.25) is 10.0 Å². The number of nitrogens with zero attached hydrogens (tertiary/aromatic N) is 3. The first-order valence-electron chi connectivity index (χ1n) is 4.55. The maximum Gasteiger partial charge on any atom is 0.122 e. The summed E-state index contributed by atoms with van der Waals surface area (Å²) in [6.07, 6.45) is 3.17. The molecular weight excluding hydrogens is 277 g/mol. The molecule has 0 atom stereocenters. The molecule has 0 aliphatic rings. The highest BCUT2D eigenvalue weighted by atomic mass is 35.5. The molecule has 2 heterocycles. The van der Waals surface area contributed by atoms with Crippen molar-refractivity contribution in [3.8, 4) is 6.07 Å². The van der Waals surface area contributed by atoms with E-state index >= 15 is 0 Å². The molecule has 0 bridgehead atoms. The monoisotopic (exact) mass is 281 g/mol. The number of rotatable bonds is 2. The average Bonchev–Trinajstić information content (AvgIpc) is 2.34. The quantitative estimate of drug-likeness (QED) is 0.840. The van der Waals surface area contributed by atoms with Crippen LogP contribution in [-0.4, -0.2) is 9.97 Å². The zero-order valence-corrected chi connectivity index (χ0v) is 10.7. The minimum absolute atomic E-state index is 0.321. The number of pyridine rings is 2. The Bertz CT molecular complexity index is 596. The highest BCUT2D eigenvalue weighted by Gasteiger charge is 2.11. The van der Waals surface area contributed by atoms with Gasteiger partial charge in [0.15, 0.2) is 0 Å². The number of hydrogen-bond donors (Lipinski definition) is 0. The van der Waals surface area contributed by atoms with Crippen molar-refractivity contribution in [2.75, 3.05) is 0 Å². The first-order chi connectivity index (χ1) is 8.22. The second-order valence-corrected chi connectivity index (χ2v) is 4.74. The molecule has 6 heteroatoms. The number of hydrogen-bond acceptors (Lipinski definition) is 4. The van der Waals surface area contributed by atoms with Gasteiger partial charge in [0.05, 0.1) is 15.6 Å². The molecule has 84 valence electrons. The molecule has 0 aliphatic heterocycles. The second-order valence-electron chi connectivity index (χ2n) is 2.98. The number of nitriles is 1. The van der Waals surface area contributed by atoms with Gasteiger partial charge >= 0.3 is 0 Å². The third-order valence-electron chi connectivity index (χ3n) is 1.90. The Morgan fingerprint density at radius 2 is 1.88 bits per heavy atom. The minimum Gasteiger partial charge on any atom is -0.248 e. The fourth-order valence-electron chi connectivity index (χ4n) is 1.12. The summed E-state index contributed by atoms with van der Waals surface area (Å²) in [5, 5.41) is 10.8. The van der Waals surface area contributed by atoms with Crippen LogP contribution < -0.4 is 0 Å². The van der Waals surface area contributed by atoms with Gasteiger partial charge in [0.25, 0.3) is 0 Å². The van der Waals surface area contributed by atoms with Gasteiger partial charge in [0.1, 0.15) is 16.1 Å². The smallest absolute Gasteiger partial charge is 0.122 e. The first kappa shape index (κ1) is 12.2. The SMILES string of the molecule is N#Cc1ccnc(Sc2ncccc2Cl)c1Cl. The van der Waals surface area contributed by atoms with Gasteiger partial charge in [-0.05, 0) is 30.0 Å². The van der Waals surface area contributed by atoms with E-state index in [0.717, 1.165) is 0 Å². The summed E-state index contributed by atoms with van der Waals surface area (Å²) in [6.45, 7) is 0. The van der Waals surface area contributed by atoms with Crippen LogP contribution in [0.4, 0.5) is 0 Å². The van der Waals surface area contributed by atoms with Gasteiger partial charge in [-0.3, -0.25) is 0 Å². The predicted molar refractivity (Wildman–Crippen MR) is 67.3 cm³/mol. The van der Waals surface area contributed by atoms with E-state index in [-0.39, 0.29) is 0 Å². The molecule has 2 rings (SSSR count). The molecule has 0 spiro atoms. The van der Waals surface area contributed by atoms with Gasteiger partial charge in [-0.25, -0.2) is 9.97 Å². The van der Waals surface area contributed by atoms with Crippen LogP contribution in [0, 0.1) is 11.3 Å². The lowest BCUT2D eigenvalue weighted by atomic mass is 10.3. The largest absolute Gasteiger partial charge is 0.248 e. The van der Waals surface area contributed by atoms with Crippen LogP contribution in [0.25, 0.3) is 0 Å².